The van der Waals surface area contributed by atoms with Crippen LogP contribution in [0.25, 0.3) is 0 Å². The van der Waals surface area contributed by atoms with E-state index in [-0.39, 0.29) is 18.5 Å². The lowest BCUT2D eigenvalue weighted by atomic mass is 10.0. The van der Waals surface area contributed by atoms with E-state index in [0.29, 0.717) is 19.4 Å². The summed E-state index contributed by atoms with van der Waals surface area (Å²) in [4.78, 5) is 24.6. The normalized spacial score (nSPS) is 12.7. The average Bonchev–Trinajstić information content (AvgIpc) is 3.43. The van der Waals surface area contributed by atoms with Crippen LogP contribution in [-0.2, 0) is 14.3 Å². The minimum atomic E-state index is -0.852. The molecule has 2 unspecified atom stereocenters. The number of aliphatic hydroxyl groups is 2. The molecule has 0 aliphatic heterocycles. The molecule has 0 radical (unpaired) electrons. The van der Waals surface area contributed by atoms with Gasteiger partial charge in [-0.3, -0.25) is 9.59 Å². The fraction of sp³-hybridized carbons (Fsp3) is 0.887. The molecule has 1 amide bonds. The Balaban J connectivity index is 3.44. The number of amides is 1. The van der Waals surface area contributed by atoms with Crippen molar-refractivity contribution in [3.8, 4) is 0 Å². The third kappa shape index (κ3) is 63.1. The van der Waals surface area contributed by atoms with Gasteiger partial charge in [-0.1, -0.05) is 339 Å². The monoisotopic (exact) mass is 1080 g/mol. The van der Waals surface area contributed by atoms with Crippen molar-refractivity contribution in [2.24, 2.45) is 0 Å². The lowest BCUT2D eigenvalue weighted by molar-refractivity contribution is -0.143. The molecule has 0 aromatic heterocycles. The molecule has 0 bridgehead atoms. The number of unbranched alkanes of at least 4 members (excludes halogenated alkanes) is 50. The Morgan fingerprint density at radius 3 is 0.987 bits per heavy atom. The van der Waals surface area contributed by atoms with Crippen LogP contribution in [0.5, 0.6) is 0 Å². The second kappa shape index (κ2) is 66.6. The molecule has 0 saturated carbocycles. The van der Waals surface area contributed by atoms with Gasteiger partial charge in [-0.05, 0) is 64.2 Å². The maximum atomic E-state index is 12.5. The Kier molecular flexibility index (Phi) is 64.9. The first-order valence-corrected chi connectivity index (χ1v) is 34.8. The van der Waals surface area contributed by atoms with Gasteiger partial charge < -0.3 is 20.3 Å². The maximum Gasteiger partial charge on any atom is 0.305 e. The van der Waals surface area contributed by atoms with Crippen LogP contribution in [0.15, 0.2) is 36.5 Å². The summed E-state index contributed by atoms with van der Waals surface area (Å²) in [5.41, 5.74) is 0. The van der Waals surface area contributed by atoms with E-state index in [1.165, 1.54) is 295 Å². The van der Waals surface area contributed by atoms with Crippen molar-refractivity contribution in [2.45, 2.75) is 392 Å². The number of hydrogen-bond donors (Lipinski definition) is 3. The highest BCUT2D eigenvalue weighted by Crippen LogP contribution is 2.18. The molecular formula is C71H135NO5. The minimum absolute atomic E-state index is 0.0118. The molecule has 6 heteroatoms. The molecule has 77 heavy (non-hydrogen) atoms. The van der Waals surface area contributed by atoms with Gasteiger partial charge in [0, 0.05) is 12.8 Å². The smallest absolute Gasteiger partial charge is 0.305 e. The summed E-state index contributed by atoms with van der Waals surface area (Å²) in [6.07, 6.45) is 85.0. The zero-order valence-electron chi connectivity index (χ0n) is 52.0. The molecule has 0 aromatic rings. The zero-order valence-corrected chi connectivity index (χ0v) is 52.0. The molecule has 0 aromatic carbocycles. The van der Waals surface area contributed by atoms with Crippen molar-refractivity contribution in [3.05, 3.63) is 36.5 Å². The van der Waals surface area contributed by atoms with Crippen molar-refractivity contribution in [1.29, 1.82) is 0 Å². The van der Waals surface area contributed by atoms with Crippen LogP contribution in [0.2, 0.25) is 0 Å². The van der Waals surface area contributed by atoms with Crippen LogP contribution in [0.1, 0.15) is 380 Å². The van der Waals surface area contributed by atoms with E-state index < -0.39 is 12.1 Å². The van der Waals surface area contributed by atoms with Gasteiger partial charge in [-0.2, -0.15) is 0 Å². The molecule has 0 fully saturated rings. The van der Waals surface area contributed by atoms with Gasteiger partial charge in [0.05, 0.1) is 25.4 Å². The van der Waals surface area contributed by atoms with Crippen LogP contribution in [-0.4, -0.2) is 47.4 Å². The average molecular weight is 1080 g/mol. The third-order valence-corrected chi connectivity index (χ3v) is 16.2. The second-order valence-electron chi connectivity index (χ2n) is 23.9. The first-order chi connectivity index (χ1) is 38.0. The first-order valence-electron chi connectivity index (χ1n) is 34.8. The van der Waals surface area contributed by atoms with E-state index in [9.17, 15) is 19.8 Å². The maximum absolute atomic E-state index is 12.5. The lowest BCUT2D eigenvalue weighted by Crippen LogP contribution is -2.45. The van der Waals surface area contributed by atoms with Gasteiger partial charge >= 0.3 is 5.97 Å². The number of carbonyl (C=O) groups is 2. The number of carbonyl (C=O) groups excluding carboxylic acids is 2. The van der Waals surface area contributed by atoms with Crippen LogP contribution >= 0.6 is 0 Å². The van der Waals surface area contributed by atoms with E-state index in [2.05, 4.69) is 43.5 Å². The number of hydrogen-bond acceptors (Lipinski definition) is 5. The highest BCUT2D eigenvalue weighted by molar-refractivity contribution is 5.76. The van der Waals surface area contributed by atoms with Crippen molar-refractivity contribution in [1.82, 2.24) is 5.32 Å². The summed E-state index contributed by atoms with van der Waals surface area (Å²) >= 11 is 0. The van der Waals surface area contributed by atoms with E-state index >= 15 is 0 Å². The van der Waals surface area contributed by atoms with Crippen LogP contribution in [0.4, 0.5) is 0 Å². The molecule has 6 nitrogen and oxygen atoms in total. The van der Waals surface area contributed by atoms with E-state index in [0.717, 1.165) is 57.8 Å². The summed E-state index contributed by atoms with van der Waals surface area (Å²) in [6, 6.07) is -0.636. The molecular weight excluding hydrogens is 947 g/mol. The van der Waals surface area contributed by atoms with Gasteiger partial charge in [-0.15, -0.1) is 0 Å². The Hall–Kier alpha value is -1.92. The molecule has 3 N–H and O–H groups in total. The van der Waals surface area contributed by atoms with Crippen molar-refractivity contribution < 1.29 is 24.5 Å². The van der Waals surface area contributed by atoms with Gasteiger partial charge in [-0.25, -0.2) is 0 Å². The number of rotatable bonds is 65. The predicted octanol–water partition coefficient (Wildman–Crippen LogP) is 22.3. The summed E-state index contributed by atoms with van der Waals surface area (Å²) in [5.74, 6) is -0.0640. The van der Waals surface area contributed by atoms with Crippen molar-refractivity contribution in [2.75, 3.05) is 13.2 Å². The minimum Gasteiger partial charge on any atom is -0.466 e. The number of nitrogens with one attached hydrogen (secondary N) is 1. The highest BCUT2D eigenvalue weighted by atomic mass is 16.5. The first kappa shape index (κ1) is 75.1. The van der Waals surface area contributed by atoms with Gasteiger partial charge in [0.25, 0.3) is 0 Å². The summed E-state index contributed by atoms with van der Waals surface area (Å²) in [5, 5.41) is 23.2. The van der Waals surface area contributed by atoms with Gasteiger partial charge in [0.1, 0.15) is 0 Å². The SMILES string of the molecule is CCCCCCCCCCCCCCCCCC/C=C/C(O)C(CO)NC(=O)CCCCCCCCC/C=C\C/C=C\CCCCCCCCCCCOC(=O)CCCCCCCCCCCCCCCCCCCCC. The van der Waals surface area contributed by atoms with E-state index in [1.807, 2.05) is 6.08 Å². The zero-order chi connectivity index (χ0) is 55.7. The van der Waals surface area contributed by atoms with E-state index in [1.54, 1.807) is 6.08 Å². The molecule has 0 heterocycles. The Bertz CT molecular complexity index is 1250. The Morgan fingerprint density at radius 1 is 0.364 bits per heavy atom. The molecule has 0 spiro atoms. The van der Waals surface area contributed by atoms with Gasteiger partial charge in [0.15, 0.2) is 0 Å². The number of allylic oxidation sites excluding steroid dienone is 5. The van der Waals surface area contributed by atoms with Crippen LogP contribution < -0.4 is 5.32 Å². The van der Waals surface area contributed by atoms with Crippen molar-refractivity contribution >= 4 is 11.9 Å². The molecule has 454 valence electrons. The molecule has 0 saturated heterocycles. The molecule has 0 aliphatic rings. The topological polar surface area (TPSA) is 95.9 Å². The predicted molar refractivity (Wildman–Crippen MR) is 338 cm³/mol. The fourth-order valence-corrected chi connectivity index (χ4v) is 10.8. The van der Waals surface area contributed by atoms with Gasteiger partial charge in [0.2, 0.25) is 5.91 Å². The Morgan fingerprint density at radius 2 is 0.649 bits per heavy atom. The summed E-state index contributed by atoms with van der Waals surface area (Å²) in [7, 11) is 0. The van der Waals surface area contributed by atoms with Crippen LogP contribution in [0, 0.1) is 0 Å². The molecule has 2 atom stereocenters. The third-order valence-electron chi connectivity index (χ3n) is 16.2. The number of ether oxygens (including phenoxy) is 1. The molecule has 0 rings (SSSR count). The lowest BCUT2D eigenvalue weighted by Gasteiger charge is -2.20. The van der Waals surface area contributed by atoms with Crippen LogP contribution in [0.3, 0.4) is 0 Å². The Labute approximate surface area is 481 Å². The second-order valence-corrected chi connectivity index (χ2v) is 23.9. The summed E-state index contributed by atoms with van der Waals surface area (Å²) in [6.45, 7) is 4.93. The highest BCUT2D eigenvalue weighted by Gasteiger charge is 2.18. The van der Waals surface area contributed by atoms with Crippen molar-refractivity contribution in [3.63, 3.8) is 0 Å². The number of aliphatic hydroxyl groups excluding tert-OH is 2. The largest absolute Gasteiger partial charge is 0.466 e. The quantitative estimate of drug-likeness (QED) is 0.0320. The number of esters is 1. The molecule has 0 aliphatic carbocycles. The fourth-order valence-electron chi connectivity index (χ4n) is 10.8. The standard InChI is InChI=1S/C71H135NO5/c1-3-5-7-9-11-13-15-17-19-21-28-33-37-41-45-49-53-57-61-65-71(76)77-66-62-58-54-50-46-42-38-34-30-27-25-23-24-26-29-32-36-40-44-48-52-56-60-64-70(75)72-68(67-73)69(74)63-59-55-51-47-43-39-35-31-22-20-18-16-14-12-10-8-6-4-2/h23,25-26,29,59,63,68-69,73-74H,3-22,24,27-28,30-58,60-62,64-67H2,1-2H3,(H,72,75)/b25-23-,29-26-,63-59+. The summed E-state index contributed by atoms with van der Waals surface area (Å²) < 4.78 is 5.50. The van der Waals surface area contributed by atoms with E-state index in [4.69, 9.17) is 4.74 Å².